The summed E-state index contributed by atoms with van der Waals surface area (Å²) in [4.78, 5) is 16.0. The van der Waals surface area contributed by atoms with E-state index < -0.39 is 21.7 Å². The van der Waals surface area contributed by atoms with Crippen LogP contribution in [0.4, 0.5) is 10.1 Å². The Labute approximate surface area is 184 Å². The lowest BCUT2D eigenvalue weighted by Gasteiger charge is -2.20. The molecule has 1 amide bonds. The van der Waals surface area contributed by atoms with Crippen molar-refractivity contribution >= 4 is 27.1 Å². The van der Waals surface area contributed by atoms with E-state index in [0.29, 0.717) is 28.9 Å². The minimum atomic E-state index is -3.34. The van der Waals surface area contributed by atoms with Crippen LogP contribution >= 0.6 is 0 Å². The highest BCUT2D eigenvalue weighted by Gasteiger charge is 2.35. The zero-order valence-electron chi connectivity index (χ0n) is 17.7. The topological polar surface area (TPSA) is 132 Å². The molecule has 0 spiro atoms. The maximum Gasteiger partial charge on any atom is 0.252 e. The lowest BCUT2D eigenvalue weighted by atomic mass is 10.1. The van der Waals surface area contributed by atoms with Gasteiger partial charge in [0.25, 0.3) is 5.91 Å². The van der Waals surface area contributed by atoms with Gasteiger partial charge in [-0.1, -0.05) is 6.92 Å². The van der Waals surface area contributed by atoms with Gasteiger partial charge in [-0.25, -0.2) is 22.3 Å². The normalized spacial score (nSPS) is 19.4. The molecular formula is C20H23FN6O4S. The number of pyridine rings is 1. The fourth-order valence-electron chi connectivity index (χ4n) is 3.85. The maximum atomic E-state index is 14.2. The Bertz CT molecular complexity index is 1310. The number of halogens is 1. The van der Waals surface area contributed by atoms with Crippen molar-refractivity contribution in [2.75, 3.05) is 31.8 Å². The second-order valence-corrected chi connectivity index (χ2v) is 9.86. The molecule has 4 heterocycles. The summed E-state index contributed by atoms with van der Waals surface area (Å²) in [6.07, 6.45) is 5.67. The van der Waals surface area contributed by atoms with Crippen molar-refractivity contribution in [1.82, 2.24) is 18.9 Å². The third-order valence-corrected chi connectivity index (χ3v) is 6.85. The Morgan fingerprint density at radius 1 is 1.28 bits per heavy atom. The van der Waals surface area contributed by atoms with E-state index in [1.54, 1.807) is 16.8 Å². The largest absolute Gasteiger partial charge is 0.479 e. The third-order valence-electron chi connectivity index (χ3n) is 5.61. The molecule has 170 valence electrons. The highest BCUT2D eigenvalue weighted by Crippen LogP contribution is 2.32. The molecule has 1 fully saturated rings. The number of carbonyl (C=O) groups is 1. The van der Waals surface area contributed by atoms with E-state index in [-0.39, 0.29) is 29.9 Å². The van der Waals surface area contributed by atoms with Crippen LogP contribution in [-0.4, -0.2) is 65.7 Å². The molecule has 3 N–H and O–H groups in total. The average Bonchev–Trinajstić information content (AvgIpc) is 3.32. The third kappa shape index (κ3) is 3.98. The van der Waals surface area contributed by atoms with Gasteiger partial charge < -0.3 is 15.8 Å². The number of primary amides is 1. The zero-order chi connectivity index (χ0) is 23.2. The SMILES string of the molecule is COc1ncc(-c2cc3c(N[C@@H]4CN(S(C)(=O)=O)C[C@@H]4C)c(C(N)=O)cnn3c2)cc1F. The molecule has 12 heteroatoms. The quantitative estimate of drug-likeness (QED) is 0.565. The fourth-order valence-corrected chi connectivity index (χ4v) is 4.79. The number of sulfonamides is 1. The van der Waals surface area contributed by atoms with Crippen LogP contribution in [0.25, 0.3) is 16.6 Å². The number of nitrogens with one attached hydrogen (secondary N) is 1. The number of amides is 1. The average molecular weight is 463 g/mol. The van der Waals surface area contributed by atoms with Crippen LogP contribution in [0.5, 0.6) is 5.88 Å². The van der Waals surface area contributed by atoms with Gasteiger partial charge >= 0.3 is 0 Å². The summed E-state index contributed by atoms with van der Waals surface area (Å²) in [6, 6.07) is 2.79. The first-order valence-electron chi connectivity index (χ1n) is 9.81. The van der Waals surface area contributed by atoms with E-state index in [0.717, 1.165) is 0 Å². The van der Waals surface area contributed by atoms with Crippen LogP contribution in [-0.2, 0) is 10.0 Å². The first-order chi connectivity index (χ1) is 15.1. The Hall–Kier alpha value is -3.25. The Morgan fingerprint density at radius 3 is 2.62 bits per heavy atom. The van der Waals surface area contributed by atoms with Crippen molar-refractivity contribution < 1.29 is 22.3 Å². The molecule has 2 atom stereocenters. The molecule has 0 aliphatic carbocycles. The number of aromatic nitrogens is 3. The first kappa shape index (κ1) is 22.0. The zero-order valence-corrected chi connectivity index (χ0v) is 18.6. The lowest BCUT2D eigenvalue weighted by molar-refractivity contribution is 0.100. The minimum Gasteiger partial charge on any atom is -0.479 e. The summed E-state index contributed by atoms with van der Waals surface area (Å²) in [6.45, 7) is 2.56. The molecule has 0 radical (unpaired) electrons. The van der Waals surface area contributed by atoms with E-state index in [2.05, 4.69) is 15.4 Å². The lowest BCUT2D eigenvalue weighted by Crippen LogP contribution is -2.32. The molecule has 3 aromatic rings. The van der Waals surface area contributed by atoms with Crippen molar-refractivity contribution in [2.45, 2.75) is 13.0 Å². The molecule has 1 saturated heterocycles. The van der Waals surface area contributed by atoms with Crippen molar-refractivity contribution in [3.05, 3.63) is 42.1 Å². The maximum absolute atomic E-state index is 14.2. The molecule has 0 unspecified atom stereocenters. The van der Waals surface area contributed by atoms with Gasteiger partial charge in [0.15, 0.2) is 5.82 Å². The number of carbonyl (C=O) groups excluding carboxylic acids is 1. The number of anilines is 1. The minimum absolute atomic E-state index is 0.00650. The van der Waals surface area contributed by atoms with Crippen molar-refractivity contribution in [3.8, 4) is 17.0 Å². The molecule has 3 aromatic heterocycles. The highest BCUT2D eigenvalue weighted by molar-refractivity contribution is 7.88. The summed E-state index contributed by atoms with van der Waals surface area (Å²) in [5, 5.41) is 7.55. The van der Waals surface area contributed by atoms with Gasteiger partial charge in [0, 0.05) is 42.7 Å². The summed E-state index contributed by atoms with van der Waals surface area (Å²) in [5.74, 6) is -1.40. The van der Waals surface area contributed by atoms with Crippen molar-refractivity contribution in [1.29, 1.82) is 0 Å². The Balaban J connectivity index is 1.76. The first-order valence-corrected chi connectivity index (χ1v) is 11.7. The number of hydrogen-bond acceptors (Lipinski definition) is 7. The smallest absolute Gasteiger partial charge is 0.252 e. The molecular weight excluding hydrogens is 439 g/mol. The molecule has 4 rings (SSSR count). The van der Waals surface area contributed by atoms with Crippen LogP contribution in [0, 0.1) is 11.7 Å². The summed E-state index contributed by atoms with van der Waals surface area (Å²) >= 11 is 0. The van der Waals surface area contributed by atoms with Crippen LogP contribution in [0.15, 0.2) is 30.7 Å². The highest BCUT2D eigenvalue weighted by atomic mass is 32.2. The second kappa shape index (κ2) is 8.02. The van der Waals surface area contributed by atoms with Gasteiger partial charge in [-0.15, -0.1) is 0 Å². The molecule has 32 heavy (non-hydrogen) atoms. The molecule has 10 nitrogen and oxygen atoms in total. The standard InChI is InChI=1S/C20H23FN6O4S/c1-11-8-26(32(3,29)30)10-16(11)25-18-14(19(22)28)7-24-27-9-13(5-17(18)27)12-4-15(21)20(31-2)23-6-12/h4-7,9,11,16,25H,8,10H2,1-3H3,(H2,22,28)/t11-,16+/m0/s1. The van der Waals surface area contributed by atoms with E-state index in [1.165, 1.54) is 36.1 Å². The van der Waals surface area contributed by atoms with Crippen LogP contribution in [0.2, 0.25) is 0 Å². The molecule has 1 aliphatic heterocycles. The Morgan fingerprint density at radius 2 is 2.03 bits per heavy atom. The summed E-state index contributed by atoms with van der Waals surface area (Å²) in [5.41, 5.74) is 7.84. The van der Waals surface area contributed by atoms with Crippen molar-refractivity contribution in [2.24, 2.45) is 11.7 Å². The van der Waals surface area contributed by atoms with Crippen LogP contribution < -0.4 is 15.8 Å². The van der Waals surface area contributed by atoms with Gasteiger partial charge in [-0.2, -0.15) is 9.40 Å². The predicted molar refractivity (Wildman–Crippen MR) is 116 cm³/mol. The number of nitrogens with zero attached hydrogens (tertiary/aromatic N) is 4. The van der Waals surface area contributed by atoms with E-state index in [4.69, 9.17) is 10.5 Å². The van der Waals surface area contributed by atoms with Gasteiger partial charge in [-0.3, -0.25) is 4.79 Å². The number of rotatable bonds is 6. The van der Waals surface area contributed by atoms with Gasteiger partial charge in [0.1, 0.15) is 0 Å². The van der Waals surface area contributed by atoms with Gasteiger partial charge in [-0.05, 0) is 18.1 Å². The molecule has 1 aliphatic rings. The van der Waals surface area contributed by atoms with E-state index in [9.17, 15) is 17.6 Å². The van der Waals surface area contributed by atoms with Crippen LogP contribution in [0.1, 0.15) is 17.3 Å². The Kier molecular flexibility index (Phi) is 5.51. The number of nitrogens with two attached hydrogens (primary N) is 1. The van der Waals surface area contributed by atoms with E-state index >= 15 is 0 Å². The fraction of sp³-hybridized carbons (Fsp3) is 0.350. The number of hydrogen-bond donors (Lipinski definition) is 2. The molecule has 0 saturated carbocycles. The second-order valence-electron chi connectivity index (χ2n) is 7.88. The monoisotopic (exact) mass is 462 g/mol. The number of fused-ring (bicyclic) bond motifs is 1. The van der Waals surface area contributed by atoms with E-state index in [1.807, 2.05) is 6.92 Å². The van der Waals surface area contributed by atoms with Crippen molar-refractivity contribution in [3.63, 3.8) is 0 Å². The molecule has 0 bridgehead atoms. The molecule has 0 aromatic carbocycles. The number of ether oxygens (including phenoxy) is 1. The van der Waals surface area contributed by atoms with Gasteiger partial charge in [0.05, 0.1) is 36.3 Å². The number of methoxy groups -OCH3 is 1. The van der Waals surface area contributed by atoms with Gasteiger partial charge in [0.2, 0.25) is 15.9 Å². The predicted octanol–water partition coefficient (Wildman–Crippen LogP) is 1.33. The summed E-state index contributed by atoms with van der Waals surface area (Å²) < 4.78 is 45.9. The summed E-state index contributed by atoms with van der Waals surface area (Å²) in [7, 11) is -2.01. The van der Waals surface area contributed by atoms with Crippen LogP contribution in [0.3, 0.4) is 0 Å².